The van der Waals surface area contributed by atoms with Gasteiger partial charge < -0.3 is 4.90 Å². The molecular formula is C13H15ClN2. The molecule has 1 aromatic carbocycles. The van der Waals surface area contributed by atoms with Gasteiger partial charge in [-0.05, 0) is 37.5 Å². The minimum absolute atomic E-state index is 0.232. The fourth-order valence-corrected chi connectivity index (χ4v) is 2.36. The van der Waals surface area contributed by atoms with Crippen LogP contribution < -0.4 is 4.90 Å². The molecule has 1 heterocycles. The average molecular weight is 235 g/mol. The molecule has 0 aromatic heterocycles. The monoisotopic (exact) mass is 234 g/mol. The van der Waals surface area contributed by atoms with E-state index < -0.39 is 0 Å². The largest absolute Gasteiger partial charge is 0.371 e. The first-order valence-corrected chi connectivity index (χ1v) is 6.00. The number of hydrogen-bond acceptors (Lipinski definition) is 2. The van der Waals surface area contributed by atoms with Gasteiger partial charge in [0, 0.05) is 29.7 Å². The highest BCUT2D eigenvalue weighted by Crippen LogP contribution is 2.29. The predicted octanol–water partition coefficient (Wildman–Crippen LogP) is 3.39. The number of halogens is 1. The standard InChI is InChI=1S/C13H15ClN2/c1-10-12(14)3-2-4-13(10)16-7-5-11(9-15)6-8-16/h2-4,11H,5-8H2,1H3. The zero-order valence-electron chi connectivity index (χ0n) is 9.41. The van der Waals surface area contributed by atoms with Crippen LogP contribution in [0, 0.1) is 24.2 Å². The Labute approximate surface area is 101 Å². The fourth-order valence-electron chi connectivity index (χ4n) is 2.19. The van der Waals surface area contributed by atoms with Crippen molar-refractivity contribution >= 4 is 17.3 Å². The first-order valence-electron chi connectivity index (χ1n) is 5.62. The SMILES string of the molecule is Cc1c(Cl)cccc1N1CCC(C#N)CC1. The highest BCUT2D eigenvalue weighted by Gasteiger charge is 2.20. The van der Waals surface area contributed by atoms with Gasteiger partial charge in [-0.15, -0.1) is 0 Å². The molecule has 1 saturated heterocycles. The van der Waals surface area contributed by atoms with E-state index >= 15 is 0 Å². The molecule has 0 radical (unpaired) electrons. The van der Waals surface area contributed by atoms with Crippen molar-refractivity contribution in [2.75, 3.05) is 18.0 Å². The molecule has 0 atom stereocenters. The average Bonchev–Trinajstić information content (AvgIpc) is 2.33. The Morgan fingerprint density at radius 1 is 1.38 bits per heavy atom. The number of anilines is 1. The van der Waals surface area contributed by atoms with Gasteiger partial charge in [-0.1, -0.05) is 17.7 Å². The van der Waals surface area contributed by atoms with Crippen molar-refractivity contribution in [2.24, 2.45) is 5.92 Å². The molecule has 0 unspecified atom stereocenters. The predicted molar refractivity (Wildman–Crippen MR) is 66.7 cm³/mol. The molecule has 1 fully saturated rings. The smallest absolute Gasteiger partial charge is 0.0657 e. The van der Waals surface area contributed by atoms with Gasteiger partial charge in [-0.25, -0.2) is 0 Å². The molecular weight excluding hydrogens is 220 g/mol. The van der Waals surface area contributed by atoms with Crippen LogP contribution in [0.15, 0.2) is 18.2 Å². The molecule has 16 heavy (non-hydrogen) atoms. The van der Waals surface area contributed by atoms with Crippen molar-refractivity contribution in [3.8, 4) is 6.07 Å². The van der Waals surface area contributed by atoms with Gasteiger partial charge >= 0.3 is 0 Å². The van der Waals surface area contributed by atoms with Crippen molar-refractivity contribution in [3.05, 3.63) is 28.8 Å². The Hall–Kier alpha value is -1.20. The molecule has 0 saturated carbocycles. The Morgan fingerprint density at radius 2 is 2.06 bits per heavy atom. The van der Waals surface area contributed by atoms with Crippen molar-refractivity contribution < 1.29 is 0 Å². The van der Waals surface area contributed by atoms with E-state index in [0.717, 1.165) is 36.5 Å². The molecule has 0 amide bonds. The van der Waals surface area contributed by atoms with Crippen LogP contribution in [-0.2, 0) is 0 Å². The Balaban J connectivity index is 2.15. The lowest BCUT2D eigenvalue weighted by atomic mass is 9.97. The molecule has 0 bridgehead atoms. The summed E-state index contributed by atoms with van der Waals surface area (Å²) in [5.41, 5.74) is 2.35. The molecule has 84 valence electrons. The summed E-state index contributed by atoms with van der Waals surface area (Å²) in [5.74, 6) is 0.232. The summed E-state index contributed by atoms with van der Waals surface area (Å²) >= 11 is 6.11. The second-order valence-electron chi connectivity index (χ2n) is 4.27. The summed E-state index contributed by atoms with van der Waals surface area (Å²) in [7, 11) is 0. The third-order valence-electron chi connectivity index (χ3n) is 3.26. The number of rotatable bonds is 1. The highest BCUT2D eigenvalue weighted by molar-refractivity contribution is 6.31. The molecule has 0 spiro atoms. The lowest BCUT2D eigenvalue weighted by Gasteiger charge is -2.32. The van der Waals surface area contributed by atoms with E-state index in [1.165, 1.54) is 5.69 Å². The van der Waals surface area contributed by atoms with E-state index in [-0.39, 0.29) is 5.92 Å². The maximum Gasteiger partial charge on any atom is 0.0657 e. The normalized spacial score (nSPS) is 17.2. The van der Waals surface area contributed by atoms with Gasteiger partial charge in [-0.2, -0.15) is 5.26 Å². The fraction of sp³-hybridized carbons (Fsp3) is 0.462. The van der Waals surface area contributed by atoms with E-state index in [4.69, 9.17) is 16.9 Å². The second kappa shape index (κ2) is 4.76. The first kappa shape index (κ1) is 11.3. The maximum absolute atomic E-state index is 8.86. The van der Waals surface area contributed by atoms with E-state index in [2.05, 4.69) is 17.0 Å². The van der Waals surface area contributed by atoms with Crippen LogP contribution >= 0.6 is 11.6 Å². The van der Waals surface area contributed by atoms with Crippen molar-refractivity contribution in [2.45, 2.75) is 19.8 Å². The summed E-state index contributed by atoms with van der Waals surface area (Å²) in [4.78, 5) is 2.33. The van der Waals surface area contributed by atoms with E-state index in [0.29, 0.717) is 0 Å². The first-order chi connectivity index (χ1) is 7.72. The highest BCUT2D eigenvalue weighted by atomic mass is 35.5. The summed E-state index contributed by atoms with van der Waals surface area (Å²) in [6.07, 6.45) is 1.92. The van der Waals surface area contributed by atoms with Crippen molar-refractivity contribution in [3.63, 3.8) is 0 Å². The van der Waals surface area contributed by atoms with Gasteiger partial charge in [-0.3, -0.25) is 0 Å². The number of nitrogens with zero attached hydrogens (tertiary/aromatic N) is 2. The summed E-state index contributed by atoms with van der Waals surface area (Å²) in [5, 5.41) is 9.68. The summed E-state index contributed by atoms with van der Waals surface area (Å²) in [6.45, 7) is 3.97. The maximum atomic E-state index is 8.86. The van der Waals surface area contributed by atoms with Gasteiger partial charge in [0.25, 0.3) is 0 Å². The van der Waals surface area contributed by atoms with E-state index in [1.54, 1.807) is 0 Å². The van der Waals surface area contributed by atoms with Crippen molar-refractivity contribution in [1.82, 2.24) is 0 Å². The van der Waals surface area contributed by atoms with Crippen LogP contribution in [0.4, 0.5) is 5.69 Å². The lowest BCUT2D eigenvalue weighted by molar-refractivity contribution is 0.487. The zero-order valence-corrected chi connectivity index (χ0v) is 10.2. The molecule has 1 aliphatic rings. The molecule has 1 aromatic rings. The number of hydrogen-bond donors (Lipinski definition) is 0. The Morgan fingerprint density at radius 3 is 2.69 bits per heavy atom. The number of benzene rings is 1. The van der Waals surface area contributed by atoms with Gasteiger partial charge in [0.15, 0.2) is 0 Å². The molecule has 0 N–H and O–H groups in total. The number of nitriles is 1. The topological polar surface area (TPSA) is 27.0 Å². The third kappa shape index (κ3) is 2.15. The zero-order chi connectivity index (χ0) is 11.5. The van der Waals surface area contributed by atoms with E-state index in [1.807, 2.05) is 19.1 Å². The summed E-state index contributed by atoms with van der Waals surface area (Å²) in [6, 6.07) is 8.36. The molecule has 3 heteroatoms. The third-order valence-corrected chi connectivity index (χ3v) is 3.67. The van der Waals surface area contributed by atoms with Gasteiger partial charge in [0.2, 0.25) is 0 Å². The van der Waals surface area contributed by atoms with Gasteiger partial charge in [0.05, 0.1) is 6.07 Å². The van der Waals surface area contributed by atoms with Crippen LogP contribution in [0.3, 0.4) is 0 Å². The molecule has 0 aliphatic carbocycles. The van der Waals surface area contributed by atoms with Gasteiger partial charge in [0.1, 0.15) is 0 Å². The van der Waals surface area contributed by atoms with Crippen molar-refractivity contribution in [1.29, 1.82) is 5.26 Å². The molecule has 2 rings (SSSR count). The minimum Gasteiger partial charge on any atom is -0.371 e. The van der Waals surface area contributed by atoms with E-state index in [9.17, 15) is 0 Å². The van der Waals surface area contributed by atoms with Crippen LogP contribution in [0.5, 0.6) is 0 Å². The summed E-state index contributed by atoms with van der Waals surface area (Å²) < 4.78 is 0. The van der Waals surface area contributed by atoms with Crippen LogP contribution in [0.2, 0.25) is 5.02 Å². The van der Waals surface area contributed by atoms with Crippen LogP contribution in [0.25, 0.3) is 0 Å². The molecule has 1 aliphatic heterocycles. The second-order valence-corrected chi connectivity index (χ2v) is 4.68. The van der Waals surface area contributed by atoms with Crippen LogP contribution in [-0.4, -0.2) is 13.1 Å². The lowest BCUT2D eigenvalue weighted by Crippen LogP contribution is -2.33. The quantitative estimate of drug-likeness (QED) is 0.745. The Kier molecular flexibility index (Phi) is 3.36. The van der Waals surface area contributed by atoms with Crippen LogP contribution in [0.1, 0.15) is 18.4 Å². The number of piperidine rings is 1. The minimum atomic E-state index is 0.232. The molecule has 2 nitrogen and oxygen atoms in total. The Bertz CT molecular complexity index is 414.